The quantitative estimate of drug-likeness (QED) is 0.879. The molecule has 6 heteroatoms. The molecule has 1 aliphatic carbocycles. The molecule has 0 saturated heterocycles. The summed E-state index contributed by atoms with van der Waals surface area (Å²) in [5, 5.41) is 12.8. The van der Waals surface area contributed by atoms with E-state index in [-0.39, 0.29) is 0 Å². The summed E-state index contributed by atoms with van der Waals surface area (Å²) in [5.74, 6) is -0.157. The lowest BCUT2D eigenvalue weighted by atomic mass is 10.0. The van der Waals surface area contributed by atoms with Gasteiger partial charge in [-0.1, -0.05) is 6.07 Å². The zero-order valence-corrected chi connectivity index (χ0v) is 11.9. The third kappa shape index (κ3) is 3.91. The second-order valence-electron chi connectivity index (χ2n) is 5.38. The van der Waals surface area contributed by atoms with Crippen molar-refractivity contribution in [2.75, 3.05) is 11.9 Å². The zero-order valence-electron chi connectivity index (χ0n) is 11.9. The van der Waals surface area contributed by atoms with E-state index in [0.717, 1.165) is 12.8 Å². The molecule has 0 spiro atoms. The Morgan fingerprint density at radius 3 is 2.71 bits per heavy atom. The van der Waals surface area contributed by atoms with Crippen molar-refractivity contribution < 1.29 is 23.4 Å². The highest BCUT2D eigenvalue weighted by atomic mass is 19.3. The van der Waals surface area contributed by atoms with Crippen LogP contribution in [0.25, 0.3) is 0 Å². The highest BCUT2D eigenvalue weighted by Crippen LogP contribution is 2.31. The number of anilines is 1. The van der Waals surface area contributed by atoms with E-state index in [1.54, 1.807) is 19.1 Å². The number of carbonyl (C=O) groups excluding carboxylic acids is 1. The molecule has 2 rings (SSSR count). The Morgan fingerprint density at radius 1 is 1.43 bits per heavy atom. The van der Waals surface area contributed by atoms with Crippen molar-refractivity contribution in [2.45, 2.75) is 44.6 Å². The number of halogens is 2. The van der Waals surface area contributed by atoms with Crippen LogP contribution in [0.3, 0.4) is 0 Å². The molecule has 1 aliphatic rings. The molecule has 116 valence electrons. The van der Waals surface area contributed by atoms with Crippen molar-refractivity contribution in [3.05, 3.63) is 23.8 Å². The van der Waals surface area contributed by atoms with Gasteiger partial charge in [0.2, 0.25) is 0 Å². The minimum atomic E-state index is -2.55. The Morgan fingerprint density at radius 2 is 2.10 bits per heavy atom. The minimum absolute atomic E-state index is 0.298. The average Bonchev–Trinajstić information content (AvgIpc) is 2.87. The largest absolute Gasteiger partial charge is 0.487 e. The molecule has 1 saturated carbocycles. The van der Waals surface area contributed by atoms with Crippen LogP contribution in [0.15, 0.2) is 18.2 Å². The van der Waals surface area contributed by atoms with E-state index in [1.165, 1.54) is 6.07 Å². The van der Waals surface area contributed by atoms with Crippen LogP contribution in [-0.2, 0) is 4.79 Å². The van der Waals surface area contributed by atoms with Gasteiger partial charge in [-0.2, -0.15) is 0 Å². The molecule has 2 N–H and O–H groups in total. The minimum Gasteiger partial charge on any atom is -0.487 e. The molecule has 1 amide bonds. The highest BCUT2D eigenvalue weighted by molar-refractivity contribution is 5.97. The van der Waals surface area contributed by atoms with Crippen LogP contribution in [-0.4, -0.2) is 29.6 Å². The van der Waals surface area contributed by atoms with Crippen molar-refractivity contribution in [3.63, 3.8) is 0 Å². The van der Waals surface area contributed by atoms with Crippen molar-refractivity contribution in [3.8, 4) is 5.75 Å². The second-order valence-corrected chi connectivity index (χ2v) is 5.38. The Labute approximate surface area is 122 Å². The van der Waals surface area contributed by atoms with E-state index in [4.69, 9.17) is 4.74 Å². The van der Waals surface area contributed by atoms with Crippen LogP contribution in [0.1, 0.15) is 31.2 Å². The van der Waals surface area contributed by atoms with Crippen LogP contribution < -0.4 is 10.1 Å². The summed E-state index contributed by atoms with van der Waals surface area (Å²) in [6, 6.07) is 4.82. The van der Waals surface area contributed by atoms with E-state index >= 15 is 0 Å². The van der Waals surface area contributed by atoms with Crippen LogP contribution in [0.5, 0.6) is 5.75 Å². The van der Waals surface area contributed by atoms with Gasteiger partial charge in [-0.3, -0.25) is 4.79 Å². The maximum absolute atomic E-state index is 12.2. The fourth-order valence-corrected chi connectivity index (χ4v) is 2.42. The summed E-state index contributed by atoms with van der Waals surface area (Å²) in [6.45, 7) is 1.04. The summed E-state index contributed by atoms with van der Waals surface area (Å²) < 4.78 is 29.4. The third-order valence-electron chi connectivity index (χ3n) is 3.66. The summed E-state index contributed by atoms with van der Waals surface area (Å²) in [7, 11) is 0. The molecular weight excluding hydrogens is 280 g/mol. The normalized spacial score (nSPS) is 17.0. The zero-order chi connectivity index (χ0) is 15.5. The monoisotopic (exact) mass is 299 g/mol. The first-order chi connectivity index (χ1) is 9.90. The molecule has 21 heavy (non-hydrogen) atoms. The highest BCUT2D eigenvalue weighted by Gasteiger charge is 2.38. The Kier molecular flexibility index (Phi) is 4.77. The number of rotatable bonds is 5. The van der Waals surface area contributed by atoms with Gasteiger partial charge < -0.3 is 15.2 Å². The molecule has 1 aromatic carbocycles. The van der Waals surface area contributed by atoms with Crippen LogP contribution in [0, 0.1) is 6.92 Å². The maximum atomic E-state index is 12.2. The molecular formula is C15H19F2NO3. The number of aryl methyl sites for hydroxylation is 1. The van der Waals surface area contributed by atoms with Crippen molar-refractivity contribution in [1.82, 2.24) is 0 Å². The number of alkyl halides is 2. The molecule has 4 nitrogen and oxygen atoms in total. The lowest BCUT2D eigenvalue weighted by Crippen LogP contribution is -2.40. The topological polar surface area (TPSA) is 58.6 Å². The molecule has 0 heterocycles. The first-order valence-corrected chi connectivity index (χ1v) is 6.96. The number of nitrogens with one attached hydrogen (secondary N) is 1. The Balaban J connectivity index is 2.06. The van der Waals surface area contributed by atoms with Gasteiger partial charge in [0.05, 0.1) is 0 Å². The molecule has 0 bridgehead atoms. The lowest BCUT2D eigenvalue weighted by molar-refractivity contribution is -0.133. The number of hydrogen-bond donors (Lipinski definition) is 2. The second kappa shape index (κ2) is 6.39. The molecule has 0 unspecified atom stereocenters. The number of carbonyl (C=O) groups is 1. The number of ether oxygens (including phenoxy) is 1. The van der Waals surface area contributed by atoms with Crippen molar-refractivity contribution >= 4 is 11.6 Å². The predicted molar refractivity (Wildman–Crippen MR) is 74.7 cm³/mol. The van der Waals surface area contributed by atoms with Crippen LogP contribution in [0.4, 0.5) is 14.5 Å². The van der Waals surface area contributed by atoms with E-state index in [0.29, 0.717) is 29.8 Å². The van der Waals surface area contributed by atoms with Gasteiger partial charge in [-0.05, 0) is 44.2 Å². The first-order valence-electron chi connectivity index (χ1n) is 6.96. The summed E-state index contributed by atoms with van der Waals surface area (Å²) in [5.41, 5.74) is -0.196. The van der Waals surface area contributed by atoms with Crippen LogP contribution >= 0.6 is 0 Å². The third-order valence-corrected chi connectivity index (χ3v) is 3.66. The van der Waals surface area contributed by atoms with Crippen LogP contribution in [0.2, 0.25) is 0 Å². The lowest BCUT2D eigenvalue weighted by Gasteiger charge is -2.21. The van der Waals surface area contributed by atoms with Gasteiger partial charge in [0, 0.05) is 11.8 Å². The smallest absolute Gasteiger partial charge is 0.272 e. The average molecular weight is 299 g/mol. The fraction of sp³-hybridized carbons (Fsp3) is 0.533. The number of benzene rings is 1. The van der Waals surface area contributed by atoms with E-state index in [1.807, 2.05) is 0 Å². The van der Waals surface area contributed by atoms with E-state index in [2.05, 4.69) is 5.32 Å². The Bertz CT molecular complexity index is 514. The molecule has 1 aromatic rings. The van der Waals surface area contributed by atoms with Gasteiger partial charge in [0.15, 0.2) is 0 Å². The maximum Gasteiger partial charge on any atom is 0.272 e. The summed E-state index contributed by atoms with van der Waals surface area (Å²) in [4.78, 5) is 12.1. The summed E-state index contributed by atoms with van der Waals surface area (Å²) in [6.07, 6.45) is -0.0261. The predicted octanol–water partition coefficient (Wildman–Crippen LogP) is 2.88. The number of amides is 1. The molecule has 0 radical (unpaired) electrons. The van der Waals surface area contributed by atoms with E-state index in [9.17, 15) is 18.7 Å². The molecule has 0 aliphatic heterocycles. The van der Waals surface area contributed by atoms with Gasteiger partial charge in [-0.25, -0.2) is 8.78 Å². The molecule has 1 fully saturated rings. The summed E-state index contributed by atoms with van der Waals surface area (Å²) >= 11 is 0. The van der Waals surface area contributed by atoms with Crippen molar-refractivity contribution in [2.24, 2.45) is 0 Å². The van der Waals surface area contributed by atoms with Gasteiger partial charge in [0.1, 0.15) is 18.0 Å². The Hall–Kier alpha value is -1.69. The van der Waals surface area contributed by atoms with Gasteiger partial charge >= 0.3 is 0 Å². The standard InChI is InChI=1S/C15H19F2NO3/c1-10-4-5-11(8-12(10)21-9-13(16)17)18-14(19)15(20)6-2-3-7-15/h4-5,8,13,20H,2-3,6-7,9H2,1H3,(H,18,19). The fourth-order valence-electron chi connectivity index (χ4n) is 2.42. The number of aliphatic hydroxyl groups is 1. The SMILES string of the molecule is Cc1ccc(NC(=O)C2(O)CCCC2)cc1OCC(F)F. The van der Waals surface area contributed by atoms with Gasteiger partial charge in [0.25, 0.3) is 12.3 Å². The molecule has 0 atom stereocenters. The van der Waals surface area contributed by atoms with Crippen molar-refractivity contribution in [1.29, 1.82) is 0 Å². The molecule has 0 aromatic heterocycles. The number of hydrogen-bond acceptors (Lipinski definition) is 3. The van der Waals surface area contributed by atoms with Gasteiger partial charge in [-0.15, -0.1) is 0 Å². The first kappa shape index (κ1) is 15.7. The van der Waals surface area contributed by atoms with E-state index < -0.39 is 24.5 Å².